The Kier molecular flexibility index (Phi) is 5.25. The van der Waals surface area contributed by atoms with Gasteiger partial charge in [-0.05, 0) is 18.1 Å². The minimum atomic E-state index is -0.370. The average molecular weight is 257 g/mol. The van der Waals surface area contributed by atoms with Gasteiger partial charge < -0.3 is 15.7 Å². The lowest BCUT2D eigenvalue weighted by atomic mass is 10.1. The van der Waals surface area contributed by atoms with Gasteiger partial charge in [0, 0.05) is 0 Å². The molecule has 2 amide bonds. The van der Waals surface area contributed by atoms with Crippen LogP contribution in [0.25, 0.3) is 0 Å². The van der Waals surface area contributed by atoms with Gasteiger partial charge >= 0.3 is 6.03 Å². The van der Waals surface area contributed by atoms with Crippen LogP contribution in [0.5, 0.6) is 0 Å². The highest BCUT2D eigenvalue weighted by Gasteiger charge is 2.15. The van der Waals surface area contributed by atoms with E-state index in [1.54, 1.807) is 24.3 Å². The number of urea groups is 1. The number of carbonyl (C=O) groups excluding carboxylic acids is 1. The van der Waals surface area contributed by atoms with Gasteiger partial charge in [-0.25, -0.2) is 4.79 Å². The van der Waals surface area contributed by atoms with Crippen LogP contribution >= 0.6 is 11.6 Å². The van der Waals surface area contributed by atoms with Crippen LogP contribution in [0, 0.1) is 5.92 Å². The van der Waals surface area contributed by atoms with Crippen molar-refractivity contribution >= 4 is 23.3 Å². The smallest absolute Gasteiger partial charge is 0.319 e. The first-order chi connectivity index (χ1) is 8.04. The quantitative estimate of drug-likeness (QED) is 0.775. The summed E-state index contributed by atoms with van der Waals surface area (Å²) in [6, 6.07) is 6.35. The molecular weight excluding hydrogens is 240 g/mol. The molecule has 0 aliphatic heterocycles. The number of carbonyl (C=O) groups is 1. The van der Waals surface area contributed by atoms with E-state index in [1.165, 1.54) is 0 Å². The normalized spacial score (nSPS) is 12.3. The predicted molar refractivity (Wildman–Crippen MR) is 69.3 cm³/mol. The summed E-state index contributed by atoms with van der Waals surface area (Å²) in [6.45, 7) is 3.76. The molecule has 0 bridgehead atoms. The van der Waals surface area contributed by atoms with Crippen molar-refractivity contribution in [1.29, 1.82) is 0 Å². The topological polar surface area (TPSA) is 61.4 Å². The van der Waals surface area contributed by atoms with Crippen molar-refractivity contribution in [3.63, 3.8) is 0 Å². The molecule has 1 aromatic carbocycles. The van der Waals surface area contributed by atoms with Gasteiger partial charge in [0.05, 0.1) is 23.4 Å². The number of halogens is 1. The Morgan fingerprint density at radius 2 is 2.06 bits per heavy atom. The molecule has 0 heterocycles. The summed E-state index contributed by atoms with van der Waals surface area (Å²) in [5, 5.41) is 14.9. The summed E-state index contributed by atoms with van der Waals surface area (Å²) in [6.07, 6.45) is 0. The van der Waals surface area contributed by atoms with Gasteiger partial charge in [-0.1, -0.05) is 37.6 Å². The van der Waals surface area contributed by atoms with Crippen LogP contribution in [0.1, 0.15) is 13.8 Å². The Balaban J connectivity index is 2.58. The van der Waals surface area contributed by atoms with E-state index in [4.69, 9.17) is 16.7 Å². The third kappa shape index (κ3) is 4.24. The van der Waals surface area contributed by atoms with Gasteiger partial charge in [0.15, 0.2) is 0 Å². The summed E-state index contributed by atoms with van der Waals surface area (Å²) in [7, 11) is 0. The number of hydrogen-bond donors (Lipinski definition) is 3. The van der Waals surface area contributed by atoms with Crippen LogP contribution in [0.15, 0.2) is 24.3 Å². The van der Waals surface area contributed by atoms with Crippen molar-refractivity contribution in [2.75, 3.05) is 11.9 Å². The number of hydrogen-bond acceptors (Lipinski definition) is 2. The third-order valence-corrected chi connectivity index (χ3v) is 2.77. The number of anilines is 1. The molecule has 0 saturated carbocycles. The number of aliphatic hydroxyl groups excluding tert-OH is 1. The highest BCUT2D eigenvalue weighted by Crippen LogP contribution is 2.20. The Bertz CT molecular complexity index is 383. The molecule has 1 aromatic rings. The van der Waals surface area contributed by atoms with E-state index in [0.717, 1.165) is 0 Å². The van der Waals surface area contributed by atoms with Gasteiger partial charge in [0.25, 0.3) is 0 Å². The number of aliphatic hydroxyl groups is 1. The number of amides is 2. The number of para-hydroxylation sites is 1. The predicted octanol–water partition coefficient (Wildman–Crippen LogP) is 2.48. The Labute approximate surface area is 106 Å². The largest absolute Gasteiger partial charge is 0.394 e. The van der Waals surface area contributed by atoms with Crippen molar-refractivity contribution < 1.29 is 9.90 Å². The van der Waals surface area contributed by atoms with E-state index >= 15 is 0 Å². The lowest BCUT2D eigenvalue weighted by Gasteiger charge is -2.20. The van der Waals surface area contributed by atoms with Crippen molar-refractivity contribution in [3.05, 3.63) is 29.3 Å². The fourth-order valence-electron chi connectivity index (χ4n) is 1.31. The zero-order valence-electron chi connectivity index (χ0n) is 9.90. The summed E-state index contributed by atoms with van der Waals surface area (Å²) in [5.74, 6) is 0.164. The Morgan fingerprint density at radius 3 is 2.59 bits per heavy atom. The minimum Gasteiger partial charge on any atom is -0.394 e. The van der Waals surface area contributed by atoms with Gasteiger partial charge in [-0.2, -0.15) is 0 Å². The fourth-order valence-corrected chi connectivity index (χ4v) is 1.50. The van der Waals surface area contributed by atoms with E-state index in [2.05, 4.69) is 10.6 Å². The van der Waals surface area contributed by atoms with Gasteiger partial charge in [0.1, 0.15) is 0 Å². The molecule has 1 rings (SSSR count). The molecule has 1 atom stereocenters. The van der Waals surface area contributed by atoms with Crippen LogP contribution in [0.3, 0.4) is 0 Å². The number of rotatable bonds is 4. The molecule has 5 heteroatoms. The molecule has 0 spiro atoms. The van der Waals surface area contributed by atoms with E-state index in [0.29, 0.717) is 10.7 Å². The first-order valence-corrected chi connectivity index (χ1v) is 5.85. The van der Waals surface area contributed by atoms with Crippen LogP contribution in [-0.4, -0.2) is 23.8 Å². The summed E-state index contributed by atoms with van der Waals surface area (Å²) in [5.41, 5.74) is 0.548. The van der Waals surface area contributed by atoms with Crippen LogP contribution in [0.2, 0.25) is 5.02 Å². The molecular formula is C12H17ClN2O2. The first-order valence-electron chi connectivity index (χ1n) is 5.47. The van der Waals surface area contributed by atoms with E-state index in [9.17, 15) is 4.79 Å². The van der Waals surface area contributed by atoms with Gasteiger partial charge in [-0.15, -0.1) is 0 Å². The third-order valence-electron chi connectivity index (χ3n) is 2.44. The number of nitrogens with one attached hydrogen (secondary N) is 2. The molecule has 0 unspecified atom stereocenters. The number of benzene rings is 1. The average Bonchev–Trinajstić information content (AvgIpc) is 2.28. The van der Waals surface area contributed by atoms with E-state index < -0.39 is 0 Å². The summed E-state index contributed by atoms with van der Waals surface area (Å²) < 4.78 is 0. The van der Waals surface area contributed by atoms with Crippen molar-refractivity contribution in [3.8, 4) is 0 Å². The second-order valence-corrected chi connectivity index (χ2v) is 4.52. The molecule has 17 heavy (non-hydrogen) atoms. The molecule has 0 radical (unpaired) electrons. The Morgan fingerprint density at radius 1 is 1.41 bits per heavy atom. The van der Waals surface area contributed by atoms with Crippen molar-refractivity contribution in [2.45, 2.75) is 19.9 Å². The zero-order valence-corrected chi connectivity index (χ0v) is 10.7. The van der Waals surface area contributed by atoms with Gasteiger partial charge in [-0.3, -0.25) is 0 Å². The highest BCUT2D eigenvalue weighted by atomic mass is 35.5. The van der Waals surface area contributed by atoms with Crippen molar-refractivity contribution in [1.82, 2.24) is 5.32 Å². The van der Waals surface area contributed by atoms with Crippen LogP contribution in [-0.2, 0) is 0 Å². The van der Waals surface area contributed by atoms with E-state index in [1.807, 2.05) is 13.8 Å². The lowest BCUT2D eigenvalue weighted by Crippen LogP contribution is -2.43. The molecule has 94 valence electrons. The second kappa shape index (κ2) is 6.47. The fraction of sp³-hybridized carbons (Fsp3) is 0.417. The van der Waals surface area contributed by atoms with Gasteiger partial charge in [0.2, 0.25) is 0 Å². The molecule has 4 nitrogen and oxygen atoms in total. The lowest BCUT2D eigenvalue weighted by molar-refractivity contribution is 0.204. The second-order valence-electron chi connectivity index (χ2n) is 4.11. The van der Waals surface area contributed by atoms with E-state index in [-0.39, 0.29) is 24.6 Å². The maximum absolute atomic E-state index is 11.6. The SMILES string of the molecule is CC(C)[C@@H](CO)NC(=O)Nc1ccccc1Cl. The molecule has 3 N–H and O–H groups in total. The van der Waals surface area contributed by atoms with Crippen LogP contribution in [0.4, 0.5) is 10.5 Å². The van der Waals surface area contributed by atoms with Crippen LogP contribution < -0.4 is 10.6 Å². The zero-order chi connectivity index (χ0) is 12.8. The molecule has 0 saturated heterocycles. The molecule has 0 aromatic heterocycles. The maximum atomic E-state index is 11.6. The highest BCUT2D eigenvalue weighted by molar-refractivity contribution is 6.33. The summed E-state index contributed by atoms with van der Waals surface area (Å²) in [4.78, 5) is 11.6. The Hall–Kier alpha value is -1.26. The van der Waals surface area contributed by atoms with Crippen molar-refractivity contribution in [2.24, 2.45) is 5.92 Å². The maximum Gasteiger partial charge on any atom is 0.319 e. The standard InChI is InChI=1S/C12H17ClN2O2/c1-8(2)11(7-16)15-12(17)14-10-6-4-3-5-9(10)13/h3-6,8,11,16H,7H2,1-2H3,(H2,14,15,17)/t11-/m1/s1. The minimum absolute atomic E-state index is 0.0897. The molecule has 0 aliphatic rings. The molecule has 0 fully saturated rings. The molecule has 0 aliphatic carbocycles. The first kappa shape index (κ1) is 13.8. The summed E-state index contributed by atoms with van der Waals surface area (Å²) >= 11 is 5.91. The monoisotopic (exact) mass is 256 g/mol.